The van der Waals surface area contributed by atoms with Gasteiger partial charge in [0.05, 0.1) is 0 Å². The highest BCUT2D eigenvalue weighted by Gasteiger charge is 2.33. The molecule has 1 fully saturated rings. The number of carbonyl (C=O) groups is 2. The number of halogens is 3. The molecule has 5 nitrogen and oxygen atoms in total. The lowest BCUT2D eigenvalue weighted by Gasteiger charge is -2.17. The Balaban J connectivity index is 2.28. The predicted molar refractivity (Wildman–Crippen MR) is 54.0 cm³/mol. The van der Waals surface area contributed by atoms with Crippen molar-refractivity contribution in [3.05, 3.63) is 0 Å². The van der Waals surface area contributed by atoms with Crippen molar-refractivity contribution in [2.45, 2.75) is 25.4 Å². The molecule has 0 aromatic heterocycles. The number of aliphatic carboxylic acids is 1. The molecule has 1 N–H and O–H groups in total. The van der Waals surface area contributed by atoms with Crippen LogP contribution in [0.25, 0.3) is 0 Å². The summed E-state index contributed by atoms with van der Waals surface area (Å²) in [6.45, 7) is -1.03. The average molecular weight is 269 g/mol. The molecular weight excluding hydrogens is 255 g/mol. The fraction of sp³-hybridized carbons (Fsp3) is 0.800. The van der Waals surface area contributed by atoms with Crippen molar-refractivity contribution in [1.29, 1.82) is 0 Å². The number of ether oxygens (including phenoxy) is 1. The van der Waals surface area contributed by atoms with Gasteiger partial charge in [-0.2, -0.15) is 13.2 Å². The second-order valence-corrected chi connectivity index (χ2v) is 4.20. The number of carboxylic acids is 1. The zero-order chi connectivity index (χ0) is 13.8. The molecule has 1 aliphatic rings. The van der Waals surface area contributed by atoms with E-state index in [-0.39, 0.29) is 18.9 Å². The third kappa shape index (κ3) is 5.24. The Morgan fingerprint density at radius 1 is 1.39 bits per heavy atom. The molecule has 104 valence electrons. The van der Waals surface area contributed by atoms with Gasteiger partial charge in [-0.25, -0.2) is 4.79 Å². The van der Waals surface area contributed by atoms with Gasteiger partial charge in [0.15, 0.2) is 6.61 Å². The van der Waals surface area contributed by atoms with Crippen LogP contribution < -0.4 is 0 Å². The standard InChI is InChI=1S/C10H14F3NO4/c11-10(12,13)6-18-9(17)14-4-3-7(5-14)1-2-8(15)16/h7H,1-6H2,(H,15,16). The molecule has 1 rings (SSSR count). The highest BCUT2D eigenvalue weighted by Crippen LogP contribution is 2.22. The zero-order valence-electron chi connectivity index (χ0n) is 9.57. The first-order valence-corrected chi connectivity index (χ1v) is 5.48. The first-order valence-electron chi connectivity index (χ1n) is 5.48. The van der Waals surface area contributed by atoms with E-state index in [9.17, 15) is 22.8 Å². The summed E-state index contributed by atoms with van der Waals surface area (Å²) in [6, 6.07) is 0. The highest BCUT2D eigenvalue weighted by molar-refractivity contribution is 5.68. The monoisotopic (exact) mass is 269 g/mol. The van der Waals surface area contributed by atoms with Crippen LogP contribution >= 0.6 is 0 Å². The molecule has 0 aromatic rings. The van der Waals surface area contributed by atoms with E-state index in [2.05, 4.69) is 4.74 Å². The van der Waals surface area contributed by atoms with Crippen LogP contribution in [0.5, 0.6) is 0 Å². The van der Waals surface area contributed by atoms with Crippen LogP contribution in [-0.2, 0) is 9.53 Å². The van der Waals surface area contributed by atoms with Crippen molar-refractivity contribution >= 4 is 12.1 Å². The van der Waals surface area contributed by atoms with Gasteiger partial charge in [-0.05, 0) is 18.8 Å². The lowest BCUT2D eigenvalue weighted by atomic mass is 10.0. The molecule has 0 aliphatic carbocycles. The zero-order valence-corrected chi connectivity index (χ0v) is 9.57. The molecule has 1 aliphatic heterocycles. The number of nitrogens with zero attached hydrogens (tertiary/aromatic N) is 1. The van der Waals surface area contributed by atoms with Crippen molar-refractivity contribution in [3.63, 3.8) is 0 Å². The Labute approximate surface area is 102 Å². The Hall–Kier alpha value is -1.47. The minimum atomic E-state index is -4.53. The van der Waals surface area contributed by atoms with Gasteiger partial charge in [0.25, 0.3) is 0 Å². The fourth-order valence-corrected chi connectivity index (χ4v) is 1.80. The van der Waals surface area contributed by atoms with Crippen LogP contribution in [0.3, 0.4) is 0 Å². The summed E-state index contributed by atoms with van der Waals surface area (Å²) >= 11 is 0. The van der Waals surface area contributed by atoms with E-state index < -0.39 is 24.8 Å². The molecule has 1 saturated heterocycles. The smallest absolute Gasteiger partial charge is 0.422 e. The van der Waals surface area contributed by atoms with Crippen LogP contribution in [0.1, 0.15) is 19.3 Å². The number of carboxylic acid groups (broad SMARTS) is 1. The van der Waals surface area contributed by atoms with Crippen molar-refractivity contribution < 1.29 is 32.6 Å². The number of hydrogen-bond donors (Lipinski definition) is 1. The van der Waals surface area contributed by atoms with E-state index in [0.29, 0.717) is 19.4 Å². The maximum Gasteiger partial charge on any atom is 0.422 e. The summed E-state index contributed by atoms with van der Waals surface area (Å²) in [5.41, 5.74) is 0. The number of amides is 1. The Kier molecular flexibility index (Phi) is 4.80. The Bertz CT molecular complexity index is 319. The molecule has 0 radical (unpaired) electrons. The molecular formula is C10H14F3NO4. The molecule has 0 spiro atoms. The minimum absolute atomic E-state index is 0.00386. The predicted octanol–water partition coefficient (Wildman–Crippen LogP) is 1.87. The van der Waals surface area contributed by atoms with Crippen molar-refractivity contribution in [2.24, 2.45) is 5.92 Å². The number of carbonyl (C=O) groups excluding carboxylic acids is 1. The summed E-state index contributed by atoms with van der Waals surface area (Å²) in [4.78, 5) is 22.8. The van der Waals surface area contributed by atoms with Gasteiger partial charge in [-0.1, -0.05) is 0 Å². The van der Waals surface area contributed by atoms with E-state index in [0.717, 1.165) is 0 Å². The molecule has 1 unspecified atom stereocenters. The highest BCUT2D eigenvalue weighted by atomic mass is 19.4. The van der Waals surface area contributed by atoms with Gasteiger partial charge in [-0.15, -0.1) is 0 Å². The van der Waals surface area contributed by atoms with E-state index in [1.807, 2.05) is 0 Å². The summed E-state index contributed by atoms with van der Waals surface area (Å²) in [5.74, 6) is -0.910. The van der Waals surface area contributed by atoms with E-state index >= 15 is 0 Å². The molecule has 0 aromatic carbocycles. The molecule has 1 heterocycles. The maximum atomic E-state index is 11.8. The number of hydrogen-bond acceptors (Lipinski definition) is 3. The van der Waals surface area contributed by atoms with Gasteiger partial charge in [0.2, 0.25) is 0 Å². The van der Waals surface area contributed by atoms with Gasteiger partial charge in [-0.3, -0.25) is 4.79 Å². The topological polar surface area (TPSA) is 66.8 Å². The van der Waals surface area contributed by atoms with Crippen molar-refractivity contribution in [3.8, 4) is 0 Å². The lowest BCUT2D eigenvalue weighted by molar-refractivity contribution is -0.162. The van der Waals surface area contributed by atoms with Crippen LogP contribution in [0.4, 0.5) is 18.0 Å². The van der Waals surface area contributed by atoms with Crippen LogP contribution in [0, 0.1) is 5.92 Å². The molecule has 1 amide bonds. The van der Waals surface area contributed by atoms with Crippen LogP contribution in [0.2, 0.25) is 0 Å². The molecule has 1 atom stereocenters. The normalized spacial score (nSPS) is 19.9. The Morgan fingerprint density at radius 3 is 2.61 bits per heavy atom. The quantitative estimate of drug-likeness (QED) is 0.846. The van der Waals surface area contributed by atoms with Gasteiger partial charge in [0.1, 0.15) is 0 Å². The number of alkyl halides is 3. The summed E-state index contributed by atoms with van der Waals surface area (Å²) in [6.07, 6.45) is -4.52. The third-order valence-corrected chi connectivity index (χ3v) is 2.67. The fourth-order valence-electron chi connectivity index (χ4n) is 1.80. The van der Waals surface area contributed by atoms with Crippen molar-refractivity contribution in [1.82, 2.24) is 4.90 Å². The van der Waals surface area contributed by atoms with Crippen LogP contribution in [-0.4, -0.2) is 47.9 Å². The van der Waals surface area contributed by atoms with Gasteiger partial charge < -0.3 is 14.7 Å². The van der Waals surface area contributed by atoms with Gasteiger partial charge >= 0.3 is 18.2 Å². The van der Waals surface area contributed by atoms with E-state index in [1.165, 1.54) is 4.90 Å². The maximum absolute atomic E-state index is 11.8. The second kappa shape index (κ2) is 5.92. The molecule has 0 bridgehead atoms. The SMILES string of the molecule is O=C(O)CCC1CCN(C(=O)OCC(F)(F)F)C1. The average Bonchev–Trinajstić information content (AvgIpc) is 2.70. The lowest BCUT2D eigenvalue weighted by Crippen LogP contribution is -2.32. The van der Waals surface area contributed by atoms with Gasteiger partial charge in [0, 0.05) is 19.5 Å². The van der Waals surface area contributed by atoms with Crippen LogP contribution in [0.15, 0.2) is 0 Å². The van der Waals surface area contributed by atoms with E-state index in [4.69, 9.17) is 5.11 Å². The largest absolute Gasteiger partial charge is 0.481 e. The van der Waals surface area contributed by atoms with Crippen molar-refractivity contribution in [2.75, 3.05) is 19.7 Å². The molecule has 8 heteroatoms. The number of likely N-dealkylation sites (tertiary alicyclic amines) is 1. The van der Waals surface area contributed by atoms with E-state index in [1.54, 1.807) is 0 Å². The minimum Gasteiger partial charge on any atom is -0.481 e. The molecule has 18 heavy (non-hydrogen) atoms. The molecule has 0 saturated carbocycles. The first kappa shape index (κ1) is 14.6. The number of rotatable bonds is 4. The summed E-state index contributed by atoms with van der Waals surface area (Å²) in [7, 11) is 0. The second-order valence-electron chi connectivity index (χ2n) is 4.20. The summed E-state index contributed by atoms with van der Waals surface area (Å²) in [5, 5.41) is 8.49. The first-order chi connectivity index (χ1) is 8.28. The third-order valence-electron chi connectivity index (χ3n) is 2.67. The Morgan fingerprint density at radius 2 is 2.06 bits per heavy atom. The summed E-state index contributed by atoms with van der Waals surface area (Å²) < 4.78 is 39.6.